The molecule has 0 unspecified atom stereocenters. The maximum absolute atomic E-state index is 12.7. The van der Waals surface area contributed by atoms with Crippen molar-refractivity contribution in [1.29, 1.82) is 0 Å². The van der Waals surface area contributed by atoms with Gasteiger partial charge in [-0.2, -0.15) is 0 Å². The number of rotatable bonds is 10. The number of hydrogen-bond donors (Lipinski definition) is 4. The van der Waals surface area contributed by atoms with Crippen LogP contribution in [0.5, 0.6) is 0 Å². The molecule has 0 saturated carbocycles. The Kier molecular flexibility index (Phi) is 11.9. The number of aromatic carboxylic acids is 2. The minimum Gasteiger partial charge on any atom is -0.478 e. The van der Waals surface area contributed by atoms with E-state index in [9.17, 15) is 49.6 Å². The molecule has 0 aliphatic heterocycles. The fraction of sp³-hybridized carbons (Fsp3) is 0. The number of nitro benzene ring substituents is 2. The first-order valence-electron chi connectivity index (χ1n) is 16.6. The third-order valence-corrected chi connectivity index (χ3v) is 12.7. The number of carboxylic acid groups (broad SMARTS) is 2. The quantitative estimate of drug-likeness (QED) is 0.0739. The molecule has 4 N–H and O–H groups in total. The van der Waals surface area contributed by atoms with E-state index in [1.54, 1.807) is 65.4 Å². The lowest BCUT2D eigenvalue weighted by molar-refractivity contribution is -0.384. The lowest BCUT2D eigenvalue weighted by Crippen LogP contribution is -2.13. The van der Waals surface area contributed by atoms with Gasteiger partial charge in [-0.25, -0.2) is 19.6 Å². The van der Waals surface area contributed by atoms with Crippen LogP contribution in [0.2, 0.25) is 10.0 Å². The first-order valence-corrected chi connectivity index (χ1v) is 20.8. The number of carboxylic acids is 2. The molecule has 8 rings (SSSR count). The van der Waals surface area contributed by atoms with Crippen LogP contribution >= 0.6 is 68.5 Å². The van der Waals surface area contributed by atoms with Gasteiger partial charge >= 0.3 is 11.9 Å². The van der Waals surface area contributed by atoms with E-state index in [4.69, 9.17) is 23.2 Å². The van der Waals surface area contributed by atoms with Gasteiger partial charge in [0.2, 0.25) is 0 Å². The van der Waals surface area contributed by atoms with E-state index in [1.807, 2.05) is 0 Å². The number of nitrogens with one attached hydrogen (secondary N) is 2. The molecule has 0 atom stereocenters. The highest BCUT2D eigenvalue weighted by molar-refractivity contribution is 7.21. The molecule has 2 amide bonds. The van der Waals surface area contributed by atoms with Crippen molar-refractivity contribution in [3.63, 3.8) is 0 Å². The summed E-state index contributed by atoms with van der Waals surface area (Å²) in [5.41, 5.74) is 2.37. The normalized spacial score (nSPS) is 10.8. The standard InChI is InChI=1S/2C19H10ClN3O5S2/c20-10-3-1-9(2-4-10)12-8-29-17(15(12)19(25)26)22-16(24)18-21-13-6-5-11(23(27)28)7-14(13)30-18;20-10-6-4-9(5-7-10)11-8-29-17(14(11)19(25)26)22-16(24)18-21-15-12(23(27)28)2-1-3-13(15)30-18/h2*1-8H,(H,22,24)(H,25,26). The van der Waals surface area contributed by atoms with Crippen molar-refractivity contribution in [2.24, 2.45) is 0 Å². The molecular weight excluding hydrogens is 900 g/mol. The first kappa shape index (κ1) is 41.5. The number of non-ortho nitro benzene ring substituents is 2. The van der Waals surface area contributed by atoms with Gasteiger partial charge in [0, 0.05) is 50.1 Å². The van der Waals surface area contributed by atoms with Crippen molar-refractivity contribution in [2.45, 2.75) is 0 Å². The number of benzene rings is 4. The average Bonchev–Trinajstić information content (AvgIpc) is 4.03. The zero-order valence-corrected chi connectivity index (χ0v) is 34.4. The number of para-hydroxylation sites is 1. The fourth-order valence-electron chi connectivity index (χ4n) is 5.62. The molecule has 4 aromatic carbocycles. The molecule has 8 aromatic rings. The first-order chi connectivity index (χ1) is 28.7. The Labute approximate surface area is 361 Å². The predicted octanol–water partition coefficient (Wildman–Crippen LogP) is 11.1. The van der Waals surface area contributed by atoms with Gasteiger partial charge in [0.15, 0.2) is 15.5 Å². The molecule has 16 nitrogen and oxygen atoms in total. The minimum absolute atomic E-state index is 0.00270. The second-order valence-corrected chi connectivity index (χ2v) is 16.8. The number of halogens is 2. The number of aromatic nitrogens is 2. The second-order valence-electron chi connectivity index (χ2n) is 12.1. The second kappa shape index (κ2) is 17.3. The van der Waals surface area contributed by atoms with E-state index in [0.29, 0.717) is 47.2 Å². The number of nitrogens with zero attached hydrogens (tertiary/aromatic N) is 4. The summed E-state index contributed by atoms with van der Waals surface area (Å²) in [6.07, 6.45) is 0. The number of nitro groups is 2. The van der Waals surface area contributed by atoms with Crippen LogP contribution in [-0.4, -0.2) is 53.8 Å². The number of thiophene rings is 2. The number of carbonyl (C=O) groups excluding carboxylic acids is 2. The molecule has 0 bridgehead atoms. The number of anilines is 2. The summed E-state index contributed by atoms with van der Waals surface area (Å²) < 4.78 is 0.974. The van der Waals surface area contributed by atoms with Gasteiger partial charge in [-0.05, 0) is 47.5 Å². The molecule has 22 heteroatoms. The lowest BCUT2D eigenvalue weighted by Gasteiger charge is -2.05. The zero-order valence-electron chi connectivity index (χ0n) is 29.6. The van der Waals surface area contributed by atoms with Gasteiger partial charge in [0.1, 0.15) is 21.1 Å². The molecule has 300 valence electrons. The Morgan fingerprint density at radius 1 is 0.633 bits per heavy atom. The Bertz CT molecular complexity index is 3030. The molecule has 0 radical (unpaired) electrons. The van der Waals surface area contributed by atoms with Crippen LogP contribution in [0.1, 0.15) is 40.3 Å². The van der Waals surface area contributed by atoms with E-state index in [-0.39, 0.29) is 48.0 Å². The van der Waals surface area contributed by atoms with Gasteiger partial charge in [-0.1, -0.05) is 53.5 Å². The van der Waals surface area contributed by atoms with E-state index in [0.717, 1.165) is 45.3 Å². The summed E-state index contributed by atoms with van der Waals surface area (Å²) in [6, 6.07) is 21.9. The number of amides is 2. The van der Waals surface area contributed by atoms with Gasteiger partial charge in [-0.15, -0.1) is 45.3 Å². The summed E-state index contributed by atoms with van der Waals surface area (Å²) in [7, 11) is 0. The molecule has 0 saturated heterocycles. The molecule has 4 heterocycles. The van der Waals surface area contributed by atoms with Crippen LogP contribution in [-0.2, 0) is 0 Å². The molecule has 0 aliphatic carbocycles. The number of hydrogen-bond acceptors (Lipinski definition) is 14. The van der Waals surface area contributed by atoms with Crippen molar-refractivity contribution in [3.8, 4) is 22.3 Å². The van der Waals surface area contributed by atoms with Crippen molar-refractivity contribution < 1.29 is 39.2 Å². The highest BCUT2D eigenvalue weighted by Crippen LogP contribution is 2.39. The van der Waals surface area contributed by atoms with E-state index >= 15 is 0 Å². The Hall–Kier alpha value is -6.68. The van der Waals surface area contributed by atoms with Crippen molar-refractivity contribution in [2.75, 3.05) is 10.6 Å². The van der Waals surface area contributed by atoms with Gasteiger partial charge < -0.3 is 20.8 Å². The molecular formula is C38H20Cl2N6O10S4. The molecule has 0 aliphatic rings. The van der Waals surface area contributed by atoms with E-state index in [2.05, 4.69) is 20.6 Å². The molecule has 60 heavy (non-hydrogen) atoms. The number of fused-ring (bicyclic) bond motifs is 2. The highest BCUT2D eigenvalue weighted by Gasteiger charge is 2.26. The number of thiazole rings is 2. The Balaban J connectivity index is 0.000000181. The van der Waals surface area contributed by atoms with Crippen molar-refractivity contribution in [1.82, 2.24) is 9.97 Å². The molecule has 4 aromatic heterocycles. The van der Waals surface area contributed by atoms with Crippen LogP contribution in [0.25, 0.3) is 42.7 Å². The maximum atomic E-state index is 12.7. The summed E-state index contributed by atoms with van der Waals surface area (Å²) in [6.45, 7) is 0. The van der Waals surface area contributed by atoms with Crippen molar-refractivity contribution in [3.05, 3.63) is 147 Å². The highest BCUT2D eigenvalue weighted by atomic mass is 35.5. The molecule has 0 spiro atoms. The number of carbonyl (C=O) groups is 4. The maximum Gasteiger partial charge on any atom is 0.339 e. The smallest absolute Gasteiger partial charge is 0.339 e. The monoisotopic (exact) mass is 918 g/mol. The minimum atomic E-state index is -1.20. The topological polar surface area (TPSA) is 245 Å². The third-order valence-electron chi connectivity index (χ3n) is 8.34. The Morgan fingerprint density at radius 3 is 1.62 bits per heavy atom. The summed E-state index contributed by atoms with van der Waals surface area (Å²) in [5, 5.41) is 51.3. The summed E-state index contributed by atoms with van der Waals surface area (Å²) in [5.74, 6) is -3.61. The van der Waals surface area contributed by atoms with Crippen LogP contribution < -0.4 is 10.6 Å². The molecule has 0 fully saturated rings. The summed E-state index contributed by atoms with van der Waals surface area (Å²) in [4.78, 5) is 78.3. The van der Waals surface area contributed by atoms with Gasteiger partial charge in [0.05, 0.1) is 24.8 Å². The third kappa shape index (κ3) is 8.69. The fourth-order valence-corrected chi connectivity index (χ4v) is 9.56. The van der Waals surface area contributed by atoms with Crippen LogP contribution in [0.3, 0.4) is 0 Å². The van der Waals surface area contributed by atoms with E-state index < -0.39 is 33.6 Å². The Morgan fingerprint density at radius 2 is 1.13 bits per heavy atom. The van der Waals surface area contributed by atoms with Crippen LogP contribution in [0.15, 0.2) is 95.7 Å². The average molecular weight is 920 g/mol. The van der Waals surface area contributed by atoms with Crippen molar-refractivity contribution >= 4 is 134 Å². The van der Waals surface area contributed by atoms with Crippen LogP contribution in [0.4, 0.5) is 21.4 Å². The van der Waals surface area contributed by atoms with Gasteiger partial charge in [0.25, 0.3) is 23.2 Å². The zero-order chi connectivity index (χ0) is 42.8. The van der Waals surface area contributed by atoms with E-state index in [1.165, 1.54) is 30.3 Å². The predicted molar refractivity (Wildman–Crippen MR) is 232 cm³/mol. The van der Waals surface area contributed by atoms with Gasteiger partial charge in [-0.3, -0.25) is 29.8 Å². The largest absolute Gasteiger partial charge is 0.478 e. The SMILES string of the molecule is O=C(Nc1scc(-c2ccc(Cl)cc2)c1C(=O)O)c1nc2c([N+](=O)[O-])cccc2s1.O=C(Nc1scc(-c2ccc(Cl)cc2)c1C(=O)O)c1nc2ccc([N+](=O)[O-])cc2s1. The lowest BCUT2D eigenvalue weighted by atomic mass is 10.0. The van der Waals surface area contributed by atoms with Crippen LogP contribution in [0, 0.1) is 20.2 Å². The summed E-state index contributed by atoms with van der Waals surface area (Å²) >= 11 is 15.9.